The molecule has 2 aromatic carbocycles. The predicted molar refractivity (Wildman–Crippen MR) is 112 cm³/mol. The Bertz CT molecular complexity index is 860. The Morgan fingerprint density at radius 3 is 2.25 bits per heavy atom. The van der Waals surface area contributed by atoms with Crippen LogP contribution in [0, 0.1) is 18.2 Å². The van der Waals surface area contributed by atoms with E-state index in [1.165, 1.54) is 24.3 Å². The summed E-state index contributed by atoms with van der Waals surface area (Å²) < 4.78 is 13.1. The molecule has 0 aliphatic carbocycles. The first kappa shape index (κ1) is 20.4. The van der Waals surface area contributed by atoms with Gasteiger partial charge in [-0.25, -0.2) is 4.39 Å². The van der Waals surface area contributed by atoms with Gasteiger partial charge in [0.25, 0.3) is 5.91 Å². The molecule has 148 valence electrons. The number of halogens is 1. The Balaban J connectivity index is 1.88. The van der Waals surface area contributed by atoms with Crippen LogP contribution in [0.15, 0.2) is 48.5 Å². The van der Waals surface area contributed by atoms with E-state index < -0.39 is 6.04 Å². The van der Waals surface area contributed by atoms with E-state index in [1.807, 2.05) is 19.1 Å². The van der Waals surface area contributed by atoms with Crippen LogP contribution in [0.2, 0.25) is 0 Å². The van der Waals surface area contributed by atoms with Crippen molar-refractivity contribution in [3.63, 3.8) is 0 Å². The zero-order valence-electron chi connectivity index (χ0n) is 16.5. The molecule has 2 aromatic rings. The molecule has 1 aliphatic rings. The molecule has 28 heavy (non-hydrogen) atoms. The highest BCUT2D eigenvalue weighted by Gasteiger charge is 2.46. The smallest absolute Gasteiger partial charge is 0.255 e. The third-order valence-electron chi connectivity index (χ3n) is 4.69. The first-order valence-corrected chi connectivity index (χ1v) is 10.3. The summed E-state index contributed by atoms with van der Waals surface area (Å²) in [6.45, 7) is 8.18. The van der Waals surface area contributed by atoms with Gasteiger partial charge in [0.2, 0.25) is 5.91 Å². The first-order valence-electron chi connectivity index (χ1n) is 9.24. The van der Waals surface area contributed by atoms with Gasteiger partial charge in [0.1, 0.15) is 11.9 Å². The Hall–Kier alpha value is -2.34. The third kappa shape index (κ3) is 4.38. The topological polar surface area (TPSA) is 49.4 Å². The van der Waals surface area contributed by atoms with Gasteiger partial charge in [0.05, 0.1) is 5.37 Å². The minimum absolute atomic E-state index is 0.120. The first-order chi connectivity index (χ1) is 13.2. The average Bonchev–Trinajstić information content (AvgIpc) is 3.09. The Labute approximate surface area is 169 Å². The molecule has 0 saturated carbocycles. The molecule has 3 rings (SSSR count). The number of nitrogens with zero attached hydrogens (tertiary/aromatic N) is 1. The maximum atomic E-state index is 13.3. The maximum absolute atomic E-state index is 13.3. The van der Waals surface area contributed by atoms with Crippen LogP contribution in [0.5, 0.6) is 0 Å². The zero-order chi connectivity index (χ0) is 20.5. The number of anilines is 1. The lowest BCUT2D eigenvalue weighted by Crippen LogP contribution is -2.51. The molecular formula is C22H25FN2O2S. The van der Waals surface area contributed by atoms with Crippen molar-refractivity contribution in [2.75, 3.05) is 11.1 Å². The zero-order valence-corrected chi connectivity index (χ0v) is 17.3. The van der Waals surface area contributed by atoms with Crippen LogP contribution in [0.3, 0.4) is 0 Å². The van der Waals surface area contributed by atoms with Gasteiger partial charge in [0.15, 0.2) is 0 Å². The van der Waals surface area contributed by atoms with Crippen molar-refractivity contribution in [1.29, 1.82) is 0 Å². The fraction of sp³-hybridized carbons (Fsp3) is 0.364. The van der Waals surface area contributed by atoms with Crippen molar-refractivity contribution in [3.05, 3.63) is 65.5 Å². The molecule has 0 bridgehead atoms. The van der Waals surface area contributed by atoms with E-state index in [9.17, 15) is 14.0 Å². The van der Waals surface area contributed by atoms with Crippen LogP contribution < -0.4 is 5.32 Å². The summed E-state index contributed by atoms with van der Waals surface area (Å²) in [4.78, 5) is 28.0. The molecule has 6 heteroatoms. The van der Waals surface area contributed by atoms with E-state index in [1.54, 1.807) is 28.8 Å². The van der Waals surface area contributed by atoms with Gasteiger partial charge in [-0.15, -0.1) is 11.8 Å². The normalized spacial score (nSPS) is 19.5. The second-order valence-corrected chi connectivity index (χ2v) is 9.26. The molecule has 0 spiro atoms. The Morgan fingerprint density at radius 1 is 1.07 bits per heavy atom. The molecule has 2 unspecified atom stereocenters. The molecule has 1 N–H and O–H groups in total. The lowest BCUT2D eigenvalue weighted by atomic mass is 9.94. The van der Waals surface area contributed by atoms with Crippen LogP contribution in [-0.4, -0.2) is 33.9 Å². The average molecular weight is 401 g/mol. The fourth-order valence-corrected chi connectivity index (χ4v) is 4.81. The Morgan fingerprint density at radius 2 is 1.68 bits per heavy atom. The number of thioether (sulfide) groups is 1. The molecule has 0 aromatic heterocycles. The van der Waals surface area contributed by atoms with Gasteiger partial charge in [0, 0.05) is 17.0 Å². The number of carbonyl (C=O) groups excluding carboxylic acids is 2. The lowest BCUT2D eigenvalue weighted by molar-refractivity contribution is -0.120. The molecule has 1 saturated heterocycles. The number of amides is 2. The van der Waals surface area contributed by atoms with E-state index in [2.05, 4.69) is 26.1 Å². The van der Waals surface area contributed by atoms with Gasteiger partial charge in [-0.3, -0.25) is 9.59 Å². The minimum Gasteiger partial charge on any atom is -0.324 e. The highest BCUT2D eigenvalue weighted by molar-refractivity contribution is 8.00. The predicted octanol–water partition coefficient (Wildman–Crippen LogP) is 4.70. The number of aryl methyl sites for hydroxylation is 1. The van der Waals surface area contributed by atoms with Crippen LogP contribution in [0.4, 0.5) is 10.1 Å². The Kier molecular flexibility index (Phi) is 5.79. The van der Waals surface area contributed by atoms with Gasteiger partial charge < -0.3 is 10.2 Å². The van der Waals surface area contributed by atoms with Crippen molar-refractivity contribution in [1.82, 2.24) is 4.90 Å². The van der Waals surface area contributed by atoms with Crippen molar-refractivity contribution >= 4 is 29.3 Å². The standard InChI is InChI=1S/C22H25FN2O2S/c1-14-5-7-15(8-6-14)20(27)25-18(13-28-21(25)22(2,3)4)19(26)24-17-11-9-16(23)10-12-17/h5-12,18,21H,13H2,1-4H3,(H,24,26). The van der Waals surface area contributed by atoms with Crippen LogP contribution >= 0.6 is 11.8 Å². The van der Waals surface area contributed by atoms with Crippen molar-refractivity contribution in [2.45, 2.75) is 39.1 Å². The monoisotopic (exact) mass is 400 g/mol. The van der Waals surface area contributed by atoms with Crippen molar-refractivity contribution in [3.8, 4) is 0 Å². The second-order valence-electron chi connectivity index (χ2n) is 8.14. The molecule has 2 atom stereocenters. The second kappa shape index (κ2) is 7.95. The number of benzene rings is 2. The number of rotatable bonds is 3. The van der Waals surface area contributed by atoms with Crippen molar-refractivity contribution in [2.24, 2.45) is 5.41 Å². The van der Waals surface area contributed by atoms with Crippen LogP contribution in [0.1, 0.15) is 36.7 Å². The highest BCUT2D eigenvalue weighted by Crippen LogP contribution is 2.41. The van der Waals surface area contributed by atoms with Crippen LogP contribution in [-0.2, 0) is 4.79 Å². The van der Waals surface area contributed by atoms with Crippen molar-refractivity contribution < 1.29 is 14.0 Å². The van der Waals surface area contributed by atoms with Crippen LogP contribution in [0.25, 0.3) is 0 Å². The molecule has 2 amide bonds. The molecular weight excluding hydrogens is 375 g/mol. The number of hydrogen-bond acceptors (Lipinski definition) is 3. The molecule has 0 radical (unpaired) electrons. The number of carbonyl (C=O) groups is 2. The summed E-state index contributed by atoms with van der Waals surface area (Å²) in [5.74, 6) is -0.249. The van der Waals surface area contributed by atoms with E-state index in [4.69, 9.17) is 0 Å². The summed E-state index contributed by atoms with van der Waals surface area (Å²) in [5, 5.41) is 2.70. The third-order valence-corrected chi connectivity index (χ3v) is 6.45. The minimum atomic E-state index is -0.590. The number of nitrogens with one attached hydrogen (secondary N) is 1. The molecule has 1 aliphatic heterocycles. The summed E-state index contributed by atoms with van der Waals surface area (Å²) in [5.41, 5.74) is 1.97. The van der Waals surface area contributed by atoms with Gasteiger partial charge in [-0.1, -0.05) is 38.5 Å². The van der Waals surface area contributed by atoms with E-state index >= 15 is 0 Å². The summed E-state index contributed by atoms with van der Waals surface area (Å²) in [7, 11) is 0. The fourth-order valence-electron chi connectivity index (χ4n) is 3.23. The summed E-state index contributed by atoms with van der Waals surface area (Å²) in [6, 6.07) is 12.4. The molecule has 1 fully saturated rings. The lowest BCUT2D eigenvalue weighted by Gasteiger charge is -2.36. The number of hydrogen-bond donors (Lipinski definition) is 1. The SMILES string of the molecule is Cc1ccc(C(=O)N2C(C(=O)Nc3ccc(F)cc3)CSC2C(C)(C)C)cc1. The van der Waals surface area contributed by atoms with Gasteiger partial charge in [-0.05, 0) is 48.7 Å². The largest absolute Gasteiger partial charge is 0.324 e. The maximum Gasteiger partial charge on any atom is 0.255 e. The van der Waals surface area contributed by atoms with E-state index in [0.29, 0.717) is 17.0 Å². The van der Waals surface area contributed by atoms with Gasteiger partial charge in [-0.2, -0.15) is 0 Å². The quantitative estimate of drug-likeness (QED) is 0.812. The summed E-state index contributed by atoms with van der Waals surface area (Å²) in [6.07, 6.45) is 0. The van der Waals surface area contributed by atoms with Gasteiger partial charge >= 0.3 is 0 Å². The van der Waals surface area contributed by atoms with E-state index in [0.717, 1.165) is 5.56 Å². The highest BCUT2D eigenvalue weighted by atomic mass is 32.2. The molecule has 4 nitrogen and oxygen atoms in total. The molecule has 1 heterocycles. The van der Waals surface area contributed by atoms with E-state index in [-0.39, 0.29) is 28.4 Å². The summed E-state index contributed by atoms with van der Waals surface area (Å²) >= 11 is 1.62.